The third-order valence-electron chi connectivity index (χ3n) is 5.67. The monoisotopic (exact) mass is 399 g/mol. The lowest BCUT2D eigenvalue weighted by Crippen LogP contribution is -2.40. The van der Waals surface area contributed by atoms with E-state index in [9.17, 15) is 22.8 Å². The van der Waals surface area contributed by atoms with Gasteiger partial charge in [0.1, 0.15) is 0 Å². The second-order valence-corrected chi connectivity index (χ2v) is 7.53. The summed E-state index contributed by atoms with van der Waals surface area (Å²) in [6.07, 6.45) is -2.71. The molecule has 1 atom stereocenters. The lowest BCUT2D eigenvalue weighted by Gasteiger charge is -2.39. The Hall–Kier alpha value is -2.89. The van der Waals surface area contributed by atoms with Gasteiger partial charge in [-0.2, -0.15) is 13.2 Å². The van der Waals surface area contributed by atoms with Crippen molar-refractivity contribution in [2.75, 3.05) is 4.90 Å². The Morgan fingerprint density at radius 1 is 0.966 bits per heavy atom. The van der Waals surface area contributed by atoms with Crippen molar-refractivity contribution in [3.8, 4) is 0 Å². The first-order valence-corrected chi connectivity index (χ1v) is 9.59. The molecular formula is C23H20F3NO2. The predicted molar refractivity (Wildman–Crippen MR) is 103 cm³/mol. The minimum Gasteiger partial charge on any atom is -0.294 e. The molecule has 0 spiro atoms. The van der Waals surface area contributed by atoms with Crippen LogP contribution >= 0.6 is 0 Å². The molecule has 0 bridgehead atoms. The molecule has 3 nitrogen and oxygen atoms in total. The van der Waals surface area contributed by atoms with Crippen LogP contribution in [0.5, 0.6) is 0 Å². The molecule has 1 aliphatic heterocycles. The number of allylic oxidation sites excluding steroid dienone is 2. The maximum Gasteiger partial charge on any atom is 0.416 e. The number of carbonyl (C=O) groups excluding carboxylic acids is 2. The number of rotatable bonds is 2. The normalized spacial score (nSPS) is 20.1. The number of ketones is 1. The zero-order chi connectivity index (χ0) is 20.8. The van der Waals surface area contributed by atoms with Gasteiger partial charge in [-0.15, -0.1) is 0 Å². The van der Waals surface area contributed by atoms with Crippen molar-refractivity contribution in [1.29, 1.82) is 0 Å². The molecule has 0 saturated heterocycles. The summed E-state index contributed by atoms with van der Waals surface area (Å²) in [4.78, 5) is 27.6. The fourth-order valence-corrected chi connectivity index (χ4v) is 4.28. The van der Waals surface area contributed by atoms with Crippen LogP contribution in [0, 0.1) is 6.92 Å². The number of Topliss-reactive ketones (excluding diaryl/α,β-unsaturated/α-hetero) is 1. The molecule has 150 valence electrons. The van der Waals surface area contributed by atoms with E-state index in [4.69, 9.17) is 0 Å². The van der Waals surface area contributed by atoms with E-state index in [1.54, 1.807) is 4.90 Å². The number of aryl methyl sites for hydroxylation is 1. The van der Waals surface area contributed by atoms with Gasteiger partial charge in [-0.3, -0.25) is 14.5 Å². The molecule has 6 heteroatoms. The quantitative estimate of drug-likeness (QED) is 0.665. The Morgan fingerprint density at radius 2 is 1.66 bits per heavy atom. The number of para-hydroxylation sites is 1. The maximum absolute atomic E-state index is 13.1. The summed E-state index contributed by atoms with van der Waals surface area (Å²) in [5, 5.41) is 0. The third kappa shape index (κ3) is 3.48. The molecule has 1 unspecified atom stereocenters. The highest BCUT2D eigenvalue weighted by Crippen LogP contribution is 2.44. The summed E-state index contributed by atoms with van der Waals surface area (Å²) in [6.45, 7) is 1.91. The molecule has 4 rings (SSSR count). The van der Waals surface area contributed by atoms with Crippen LogP contribution < -0.4 is 4.90 Å². The lowest BCUT2D eigenvalue weighted by atomic mass is 9.77. The molecule has 0 aromatic heterocycles. The molecule has 2 aromatic carbocycles. The van der Waals surface area contributed by atoms with Gasteiger partial charge in [0.2, 0.25) is 5.91 Å². The molecule has 2 aliphatic rings. The number of benzene rings is 2. The van der Waals surface area contributed by atoms with Gasteiger partial charge < -0.3 is 0 Å². The zero-order valence-electron chi connectivity index (χ0n) is 15.9. The molecule has 0 saturated carbocycles. The van der Waals surface area contributed by atoms with Crippen LogP contribution in [0.25, 0.3) is 0 Å². The molecule has 2 aromatic rings. The van der Waals surface area contributed by atoms with Crippen LogP contribution in [-0.4, -0.2) is 11.7 Å². The van der Waals surface area contributed by atoms with Gasteiger partial charge in [-0.25, -0.2) is 0 Å². The van der Waals surface area contributed by atoms with Crippen LogP contribution in [0.15, 0.2) is 59.8 Å². The highest BCUT2D eigenvalue weighted by Gasteiger charge is 2.40. The minimum atomic E-state index is -4.42. The number of nitrogens with zero attached hydrogens (tertiary/aromatic N) is 1. The zero-order valence-corrected chi connectivity index (χ0v) is 15.9. The Labute approximate surface area is 166 Å². The van der Waals surface area contributed by atoms with Crippen molar-refractivity contribution in [1.82, 2.24) is 0 Å². The summed E-state index contributed by atoms with van der Waals surface area (Å²) >= 11 is 0. The average Bonchev–Trinajstić information content (AvgIpc) is 2.68. The number of hydrogen-bond donors (Lipinski definition) is 0. The van der Waals surface area contributed by atoms with E-state index < -0.39 is 17.7 Å². The van der Waals surface area contributed by atoms with Crippen LogP contribution in [0.3, 0.4) is 0 Å². The second kappa shape index (κ2) is 7.17. The van der Waals surface area contributed by atoms with Gasteiger partial charge in [-0.05, 0) is 49.1 Å². The molecule has 0 radical (unpaired) electrons. The Bertz CT molecular complexity index is 1010. The molecule has 29 heavy (non-hydrogen) atoms. The smallest absolute Gasteiger partial charge is 0.294 e. The minimum absolute atomic E-state index is 0.0257. The SMILES string of the molecule is Cc1ccccc1N1C(=O)CC(c2ccc(C(F)(F)F)cc2)C2=C1CCCC2=O. The van der Waals surface area contributed by atoms with Crippen LogP contribution in [0.4, 0.5) is 18.9 Å². The van der Waals surface area contributed by atoms with Crippen molar-refractivity contribution in [2.45, 2.75) is 44.7 Å². The number of amides is 1. The number of anilines is 1. The summed E-state index contributed by atoms with van der Waals surface area (Å²) in [6, 6.07) is 12.3. The molecule has 1 amide bonds. The maximum atomic E-state index is 13.1. The highest BCUT2D eigenvalue weighted by atomic mass is 19.4. The van der Waals surface area contributed by atoms with Crippen LogP contribution in [0.2, 0.25) is 0 Å². The Kier molecular flexibility index (Phi) is 4.81. The van der Waals surface area contributed by atoms with Gasteiger partial charge >= 0.3 is 6.18 Å². The van der Waals surface area contributed by atoms with Gasteiger partial charge in [0.15, 0.2) is 5.78 Å². The van der Waals surface area contributed by atoms with E-state index in [2.05, 4.69) is 0 Å². The standard InChI is InChI=1S/C23H20F3NO2/c1-14-5-2-3-6-18(14)27-19-7-4-8-20(28)22(19)17(13-21(27)29)15-9-11-16(12-10-15)23(24,25)26/h2-3,5-6,9-12,17H,4,7-8,13H2,1H3. The van der Waals surface area contributed by atoms with Gasteiger partial charge in [0.25, 0.3) is 0 Å². The van der Waals surface area contributed by atoms with Gasteiger partial charge in [-0.1, -0.05) is 30.3 Å². The van der Waals surface area contributed by atoms with E-state index in [1.165, 1.54) is 12.1 Å². The van der Waals surface area contributed by atoms with E-state index in [0.717, 1.165) is 23.4 Å². The first kappa shape index (κ1) is 19.4. The van der Waals surface area contributed by atoms with Crippen LogP contribution in [0.1, 0.15) is 48.3 Å². The molecule has 0 N–H and O–H groups in total. The van der Waals surface area contributed by atoms with Crippen molar-refractivity contribution >= 4 is 17.4 Å². The molecule has 1 heterocycles. The van der Waals surface area contributed by atoms with Crippen molar-refractivity contribution in [2.24, 2.45) is 0 Å². The fraction of sp³-hybridized carbons (Fsp3) is 0.304. The van der Waals surface area contributed by atoms with E-state index in [1.807, 2.05) is 31.2 Å². The van der Waals surface area contributed by atoms with Crippen molar-refractivity contribution in [3.05, 3.63) is 76.5 Å². The molecule has 0 fully saturated rings. The highest BCUT2D eigenvalue weighted by molar-refractivity contribution is 6.07. The topological polar surface area (TPSA) is 37.4 Å². The molecular weight excluding hydrogens is 379 g/mol. The Morgan fingerprint density at radius 3 is 2.31 bits per heavy atom. The van der Waals surface area contributed by atoms with Gasteiger partial charge in [0.05, 0.1) is 11.3 Å². The summed E-state index contributed by atoms with van der Waals surface area (Å²) < 4.78 is 38.7. The van der Waals surface area contributed by atoms with E-state index >= 15 is 0 Å². The first-order valence-electron chi connectivity index (χ1n) is 9.59. The molecule has 1 aliphatic carbocycles. The lowest BCUT2D eigenvalue weighted by molar-refractivity contribution is -0.137. The second-order valence-electron chi connectivity index (χ2n) is 7.53. The number of alkyl halides is 3. The number of carbonyl (C=O) groups is 2. The number of hydrogen-bond acceptors (Lipinski definition) is 2. The number of halogens is 3. The first-order chi connectivity index (χ1) is 13.8. The largest absolute Gasteiger partial charge is 0.416 e. The summed E-state index contributed by atoms with van der Waals surface area (Å²) in [5.74, 6) is -0.673. The van der Waals surface area contributed by atoms with Crippen molar-refractivity contribution < 1.29 is 22.8 Å². The Balaban J connectivity index is 1.81. The summed E-state index contributed by atoms with van der Waals surface area (Å²) in [7, 11) is 0. The van der Waals surface area contributed by atoms with Crippen LogP contribution in [-0.2, 0) is 15.8 Å². The van der Waals surface area contributed by atoms with E-state index in [0.29, 0.717) is 36.1 Å². The van der Waals surface area contributed by atoms with E-state index in [-0.39, 0.29) is 18.1 Å². The van der Waals surface area contributed by atoms with Gasteiger partial charge in [0, 0.05) is 30.0 Å². The predicted octanol–water partition coefficient (Wildman–Crippen LogP) is 5.54. The fourth-order valence-electron chi connectivity index (χ4n) is 4.28. The third-order valence-corrected chi connectivity index (χ3v) is 5.67. The van der Waals surface area contributed by atoms with Crippen molar-refractivity contribution in [3.63, 3.8) is 0 Å². The average molecular weight is 399 g/mol. The summed E-state index contributed by atoms with van der Waals surface area (Å²) in [5.41, 5.74) is 2.77.